The van der Waals surface area contributed by atoms with Gasteiger partial charge in [-0.25, -0.2) is 4.39 Å². The van der Waals surface area contributed by atoms with Crippen molar-refractivity contribution in [2.24, 2.45) is 0 Å². The molecule has 2 atom stereocenters. The van der Waals surface area contributed by atoms with Crippen LogP contribution in [-0.4, -0.2) is 9.30 Å². The third-order valence-corrected chi connectivity index (χ3v) is 4.54. The first kappa shape index (κ1) is 16.4. The van der Waals surface area contributed by atoms with Gasteiger partial charge in [-0.15, -0.1) is 4.72 Å². The summed E-state index contributed by atoms with van der Waals surface area (Å²) in [6.45, 7) is 5.45. The van der Waals surface area contributed by atoms with Gasteiger partial charge in [0.05, 0.1) is 18.5 Å². The molecule has 0 heterocycles. The molecule has 0 aromatic heterocycles. The van der Waals surface area contributed by atoms with Gasteiger partial charge in [-0.05, 0) is 39.0 Å². The lowest BCUT2D eigenvalue weighted by Crippen LogP contribution is -2.41. The Bertz CT molecular complexity index is 485. The predicted molar refractivity (Wildman–Crippen MR) is 78.1 cm³/mol. The van der Waals surface area contributed by atoms with Crippen LogP contribution in [0.25, 0.3) is 0 Å². The van der Waals surface area contributed by atoms with Crippen LogP contribution in [0.4, 0.5) is 4.39 Å². The molecule has 0 saturated heterocycles. The van der Waals surface area contributed by atoms with E-state index in [-0.39, 0.29) is 6.42 Å². The summed E-state index contributed by atoms with van der Waals surface area (Å²) in [6, 6.07) is 5.91. The zero-order valence-electron chi connectivity index (χ0n) is 11.0. The number of rotatable bonds is 4. The summed E-state index contributed by atoms with van der Waals surface area (Å²) in [5, 5.41) is 8.85. The average Bonchev–Trinajstić information content (AvgIpc) is 2.30. The second-order valence-corrected chi connectivity index (χ2v) is 7.99. The van der Waals surface area contributed by atoms with E-state index in [2.05, 4.69) is 20.7 Å². The van der Waals surface area contributed by atoms with Crippen LogP contribution in [0.2, 0.25) is 0 Å². The van der Waals surface area contributed by atoms with Crippen molar-refractivity contribution in [2.75, 3.05) is 0 Å². The molecule has 0 fully saturated rings. The van der Waals surface area contributed by atoms with Gasteiger partial charge in [-0.2, -0.15) is 5.26 Å². The fourth-order valence-corrected chi connectivity index (χ4v) is 2.60. The Labute approximate surface area is 124 Å². The number of hydrogen-bond donors (Lipinski definition) is 1. The first-order chi connectivity index (χ1) is 8.75. The van der Waals surface area contributed by atoms with Crippen molar-refractivity contribution in [1.29, 1.82) is 5.26 Å². The number of benzene rings is 1. The van der Waals surface area contributed by atoms with Crippen molar-refractivity contribution < 1.29 is 8.94 Å². The summed E-state index contributed by atoms with van der Waals surface area (Å²) in [7, 11) is 0. The maximum atomic E-state index is 13.8. The topological polar surface area (TPSA) is 58.9 Å². The summed E-state index contributed by atoms with van der Waals surface area (Å²) < 4.78 is 29.0. The van der Waals surface area contributed by atoms with E-state index in [0.29, 0.717) is 5.56 Å². The molecule has 0 aliphatic rings. The molecule has 1 aromatic carbocycles. The lowest BCUT2D eigenvalue weighted by molar-refractivity contribution is 0.513. The van der Waals surface area contributed by atoms with Crippen LogP contribution in [0, 0.1) is 17.1 Å². The van der Waals surface area contributed by atoms with Crippen molar-refractivity contribution in [3.63, 3.8) is 0 Å². The van der Waals surface area contributed by atoms with Crippen LogP contribution >= 0.6 is 15.9 Å². The third-order valence-electron chi connectivity index (χ3n) is 2.43. The van der Waals surface area contributed by atoms with Gasteiger partial charge in [0.2, 0.25) is 0 Å². The van der Waals surface area contributed by atoms with Crippen LogP contribution in [0.1, 0.15) is 38.8 Å². The molecule has 104 valence electrons. The Morgan fingerprint density at radius 3 is 2.68 bits per heavy atom. The maximum absolute atomic E-state index is 13.8. The van der Waals surface area contributed by atoms with Crippen LogP contribution in [-0.2, 0) is 11.4 Å². The van der Waals surface area contributed by atoms with Crippen LogP contribution < -0.4 is 4.72 Å². The molecule has 0 radical (unpaired) electrons. The van der Waals surface area contributed by atoms with Gasteiger partial charge in [-0.3, -0.25) is 0 Å². The SMILES string of the molecule is CC(C)(C)[S+]([O-])N[C@H](CC#N)c1cc(Br)ccc1F. The second kappa shape index (κ2) is 6.71. The molecule has 0 aliphatic heterocycles. The van der Waals surface area contributed by atoms with Gasteiger partial charge in [0.15, 0.2) is 0 Å². The lowest BCUT2D eigenvalue weighted by atomic mass is 10.1. The van der Waals surface area contributed by atoms with E-state index in [1.807, 2.05) is 26.8 Å². The van der Waals surface area contributed by atoms with Crippen LogP contribution in [0.5, 0.6) is 0 Å². The van der Waals surface area contributed by atoms with Crippen molar-refractivity contribution in [3.8, 4) is 6.07 Å². The molecule has 1 aromatic rings. The molecule has 0 aliphatic carbocycles. The summed E-state index contributed by atoms with van der Waals surface area (Å²) in [5.74, 6) is -0.415. The van der Waals surface area contributed by atoms with Crippen LogP contribution in [0.3, 0.4) is 0 Å². The fraction of sp³-hybridized carbons (Fsp3) is 0.462. The number of halogens is 2. The Hall–Kier alpha value is -0.610. The van der Waals surface area contributed by atoms with Gasteiger partial charge in [-0.1, -0.05) is 15.9 Å². The molecular weight excluding hydrogens is 331 g/mol. The highest BCUT2D eigenvalue weighted by atomic mass is 79.9. The second-order valence-electron chi connectivity index (χ2n) is 5.08. The smallest absolute Gasteiger partial charge is 0.136 e. The molecule has 0 bridgehead atoms. The van der Waals surface area contributed by atoms with Crippen molar-refractivity contribution >= 4 is 27.3 Å². The van der Waals surface area contributed by atoms with E-state index in [0.717, 1.165) is 4.47 Å². The zero-order chi connectivity index (χ0) is 14.6. The molecule has 1 rings (SSSR count). The summed E-state index contributed by atoms with van der Waals surface area (Å²) in [5.41, 5.74) is 0.341. The van der Waals surface area contributed by atoms with E-state index >= 15 is 0 Å². The standard InChI is InChI=1S/C13H16BrFN2OS/c1-13(2,3)19(18)17-12(6-7-16)10-8-9(14)4-5-11(10)15/h4-5,8,12,17H,6H2,1-3H3/t12-,19?/m1/s1. The number of nitriles is 1. The first-order valence-corrected chi connectivity index (χ1v) is 7.70. The van der Waals surface area contributed by atoms with E-state index in [4.69, 9.17) is 5.26 Å². The Balaban J connectivity index is 3.01. The number of nitrogens with one attached hydrogen (secondary N) is 1. The minimum atomic E-state index is -1.37. The highest BCUT2D eigenvalue weighted by Gasteiger charge is 2.30. The highest BCUT2D eigenvalue weighted by molar-refractivity contribution is 9.10. The van der Waals surface area contributed by atoms with E-state index in [9.17, 15) is 8.94 Å². The van der Waals surface area contributed by atoms with Gasteiger partial charge in [0.25, 0.3) is 0 Å². The average molecular weight is 347 g/mol. The molecule has 1 unspecified atom stereocenters. The summed E-state index contributed by atoms with van der Waals surface area (Å²) >= 11 is 1.90. The van der Waals surface area contributed by atoms with Gasteiger partial charge in [0, 0.05) is 21.4 Å². The first-order valence-electron chi connectivity index (χ1n) is 5.75. The quantitative estimate of drug-likeness (QED) is 0.847. The molecule has 0 spiro atoms. The minimum Gasteiger partial charge on any atom is -0.598 e. The number of nitrogens with zero attached hydrogens (tertiary/aromatic N) is 1. The predicted octanol–water partition coefficient (Wildman–Crippen LogP) is 3.59. The molecule has 0 saturated carbocycles. The largest absolute Gasteiger partial charge is 0.598 e. The molecule has 0 amide bonds. The van der Waals surface area contributed by atoms with Gasteiger partial charge in [0.1, 0.15) is 10.6 Å². The molecule has 6 heteroatoms. The highest BCUT2D eigenvalue weighted by Crippen LogP contribution is 2.26. The Kier molecular flexibility index (Phi) is 5.81. The van der Waals surface area contributed by atoms with Crippen LogP contribution in [0.15, 0.2) is 22.7 Å². The number of hydrogen-bond acceptors (Lipinski definition) is 3. The van der Waals surface area contributed by atoms with Crippen molar-refractivity contribution in [3.05, 3.63) is 34.1 Å². The van der Waals surface area contributed by atoms with E-state index in [1.54, 1.807) is 12.1 Å². The maximum Gasteiger partial charge on any atom is 0.136 e. The summed E-state index contributed by atoms with van der Waals surface area (Å²) in [6.07, 6.45) is 0.0508. The molecule has 1 N–H and O–H groups in total. The Morgan fingerprint density at radius 1 is 1.53 bits per heavy atom. The third kappa shape index (κ3) is 4.77. The zero-order valence-corrected chi connectivity index (χ0v) is 13.4. The normalized spacial score (nSPS) is 14.8. The lowest BCUT2D eigenvalue weighted by Gasteiger charge is -2.27. The van der Waals surface area contributed by atoms with E-state index in [1.165, 1.54) is 6.07 Å². The molecule has 3 nitrogen and oxygen atoms in total. The molecule has 19 heavy (non-hydrogen) atoms. The minimum absolute atomic E-state index is 0.0508. The Morgan fingerprint density at radius 2 is 2.16 bits per heavy atom. The van der Waals surface area contributed by atoms with Crippen molar-refractivity contribution in [2.45, 2.75) is 38.0 Å². The van der Waals surface area contributed by atoms with Gasteiger partial charge < -0.3 is 4.55 Å². The summed E-state index contributed by atoms with van der Waals surface area (Å²) in [4.78, 5) is 0. The monoisotopic (exact) mass is 346 g/mol. The van der Waals surface area contributed by atoms with E-state index < -0.39 is 28.0 Å². The van der Waals surface area contributed by atoms with Crippen molar-refractivity contribution in [1.82, 2.24) is 4.72 Å². The fourth-order valence-electron chi connectivity index (χ4n) is 1.39. The molecular formula is C13H16BrFN2OS. The van der Waals surface area contributed by atoms with Gasteiger partial charge >= 0.3 is 0 Å².